The standard InChI is InChI=1S/C18H38/c1-9-11-16(7)12-17(8)18(10-2,15(5)6)13-14(3)4/h14-17H,9-13H2,1-8H3. The van der Waals surface area contributed by atoms with Gasteiger partial charge in [-0.1, -0.05) is 68.2 Å². The molecule has 0 spiro atoms. The molecular weight excluding hydrogens is 216 g/mol. The van der Waals surface area contributed by atoms with Crippen molar-refractivity contribution in [2.24, 2.45) is 29.1 Å². The van der Waals surface area contributed by atoms with Crippen LogP contribution >= 0.6 is 0 Å². The smallest absolute Gasteiger partial charge is 0.0249 e. The second kappa shape index (κ2) is 8.23. The lowest BCUT2D eigenvalue weighted by Crippen LogP contribution is -2.36. The molecule has 3 atom stereocenters. The first-order chi connectivity index (χ1) is 8.30. The predicted molar refractivity (Wildman–Crippen MR) is 84.9 cm³/mol. The molecule has 0 fully saturated rings. The summed E-state index contributed by atoms with van der Waals surface area (Å²) in [6.07, 6.45) is 6.86. The van der Waals surface area contributed by atoms with E-state index in [1.807, 2.05) is 0 Å². The molecule has 0 N–H and O–H groups in total. The van der Waals surface area contributed by atoms with Crippen molar-refractivity contribution in [1.82, 2.24) is 0 Å². The summed E-state index contributed by atoms with van der Waals surface area (Å²) in [5, 5.41) is 0. The minimum atomic E-state index is 0.552. The minimum Gasteiger partial charge on any atom is -0.0654 e. The summed E-state index contributed by atoms with van der Waals surface area (Å²) in [6, 6.07) is 0. The van der Waals surface area contributed by atoms with Crippen molar-refractivity contribution in [3.05, 3.63) is 0 Å². The summed E-state index contributed by atoms with van der Waals surface area (Å²) in [5.74, 6) is 3.36. The second-order valence-electron chi connectivity index (χ2n) is 7.37. The SMILES string of the molecule is CCCC(C)CC(C)C(CC)(CC(C)C)C(C)C. The molecule has 0 aromatic rings. The molecule has 0 aliphatic heterocycles. The van der Waals surface area contributed by atoms with Gasteiger partial charge < -0.3 is 0 Å². The van der Waals surface area contributed by atoms with E-state index in [2.05, 4.69) is 55.4 Å². The highest BCUT2D eigenvalue weighted by Crippen LogP contribution is 2.47. The molecule has 0 nitrogen and oxygen atoms in total. The van der Waals surface area contributed by atoms with Crippen LogP contribution in [-0.4, -0.2) is 0 Å². The maximum Gasteiger partial charge on any atom is -0.0249 e. The Morgan fingerprint density at radius 2 is 1.44 bits per heavy atom. The van der Waals surface area contributed by atoms with Gasteiger partial charge >= 0.3 is 0 Å². The van der Waals surface area contributed by atoms with Crippen molar-refractivity contribution in [2.75, 3.05) is 0 Å². The topological polar surface area (TPSA) is 0 Å². The highest BCUT2D eigenvalue weighted by molar-refractivity contribution is 4.87. The van der Waals surface area contributed by atoms with Crippen molar-refractivity contribution < 1.29 is 0 Å². The average molecular weight is 255 g/mol. The first kappa shape index (κ1) is 18.0. The van der Waals surface area contributed by atoms with Gasteiger partial charge in [0.1, 0.15) is 0 Å². The summed E-state index contributed by atoms with van der Waals surface area (Å²) in [7, 11) is 0. The van der Waals surface area contributed by atoms with E-state index in [1.54, 1.807) is 0 Å². The maximum absolute atomic E-state index is 2.51. The van der Waals surface area contributed by atoms with Crippen molar-refractivity contribution in [3.63, 3.8) is 0 Å². The van der Waals surface area contributed by atoms with Gasteiger partial charge in [0.2, 0.25) is 0 Å². The Hall–Kier alpha value is 0. The molecule has 0 aromatic carbocycles. The normalized spacial score (nSPS) is 19.0. The summed E-state index contributed by atoms with van der Waals surface area (Å²) >= 11 is 0. The van der Waals surface area contributed by atoms with Crippen LogP contribution in [-0.2, 0) is 0 Å². The average Bonchev–Trinajstić information content (AvgIpc) is 2.25. The fourth-order valence-electron chi connectivity index (χ4n) is 4.12. The van der Waals surface area contributed by atoms with Gasteiger partial charge in [-0.3, -0.25) is 0 Å². The summed E-state index contributed by atoms with van der Waals surface area (Å²) in [6.45, 7) is 19.3. The van der Waals surface area contributed by atoms with Crippen LogP contribution in [0.2, 0.25) is 0 Å². The Labute approximate surface area is 117 Å². The van der Waals surface area contributed by atoms with Crippen LogP contribution in [0.15, 0.2) is 0 Å². The van der Waals surface area contributed by atoms with Gasteiger partial charge in [0.25, 0.3) is 0 Å². The quantitative estimate of drug-likeness (QED) is 0.438. The van der Waals surface area contributed by atoms with E-state index in [0.29, 0.717) is 5.41 Å². The monoisotopic (exact) mass is 254 g/mol. The lowest BCUT2D eigenvalue weighted by atomic mass is 9.60. The fourth-order valence-corrected chi connectivity index (χ4v) is 4.12. The Morgan fingerprint density at radius 3 is 1.78 bits per heavy atom. The van der Waals surface area contributed by atoms with Crippen LogP contribution in [0.3, 0.4) is 0 Å². The number of rotatable bonds is 9. The Bertz CT molecular complexity index is 204. The van der Waals surface area contributed by atoms with E-state index in [0.717, 1.165) is 23.7 Å². The molecule has 0 heterocycles. The van der Waals surface area contributed by atoms with E-state index < -0.39 is 0 Å². The van der Waals surface area contributed by atoms with Gasteiger partial charge in [-0.25, -0.2) is 0 Å². The van der Waals surface area contributed by atoms with Gasteiger partial charge in [-0.2, -0.15) is 0 Å². The van der Waals surface area contributed by atoms with Gasteiger partial charge in [0, 0.05) is 0 Å². The van der Waals surface area contributed by atoms with Crippen LogP contribution in [0.4, 0.5) is 0 Å². The summed E-state index contributed by atoms with van der Waals surface area (Å²) in [4.78, 5) is 0. The molecule has 0 saturated heterocycles. The van der Waals surface area contributed by atoms with Crippen LogP contribution in [0.25, 0.3) is 0 Å². The maximum atomic E-state index is 2.51. The van der Waals surface area contributed by atoms with Crippen LogP contribution < -0.4 is 0 Å². The third-order valence-corrected chi connectivity index (χ3v) is 5.12. The molecule has 0 aromatic heterocycles. The van der Waals surface area contributed by atoms with E-state index in [1.165, 1.54) is 32.1 Å². The molecule has 110 valence electrons. The first-order valence-corrected chi connectivity index (χ1v) is 8.30. The number of hydrogen-bond acceptors (Lipinski definition) is 0. The van der Waals surface area contributed by atoms with Gasteiger partial charge in [-0.05, 0) is 48.3 Å². The molecule has 0 aliphatic rings. The Kier molecular flexibility index (Phi) is 8.23. The molecule has 18 heavy (non-hydrogen) atoms. The van der Waals surface area contributed by atoms with E-state index in [-0.39, 0.29) is 0 Å². The van der Waals surface area contributed by atoms with E-state index in [4.69, 9.17) is 0 Å². The third-order valence-electron chi connectivity index (χ3n) is 5.12. The predicted octanol–water partition coefficient (Wildman–Crippen LogP) is 6.55. The number of hydrogen-bond donors (Lipinski definition) is 0. The highest BCUT2D eigenvalue weighted by atomic mass is 14.4. The van der Waals surface area contributed by atoms with Crippen LogP contribution in [0, 0.1) is 29.1 Å². The molecule has 0 saturated carbocycles. The molecule has 0 amide bonds. The van der Waals surface area contributed by atoms with Gasteiger partial charge in [-0.15, -0.1) is 0 Å². The molecule has 3 unspecified atom stereocenters. The lowest BCUT2D eigenvalue weighted by Gasteiger charge is -2.45. The first-order valence-electron chi connectivity index (χ1n) is 8.30. The van der Waals surface area contributed by atoms with Crippen molar-refractivity contribution in [2.45, 2.75) is 87.5 Å². The molecule has 0 aliphatic carbocycles. The van der Waals surface area contributed by atoms with Gasteiger partial charge in [0.15, 0.2) is 0 Å². The molecule has 0 bridgehead atoms. The van der Waals surface area contributed by atoms with Crippen molar-refractivity contribution >= 4 is 0 Å². The Balaban J connectivity index is 4.83. The zero-order valence-electron chi connectivity index (χ0n) is 14.3. The second-order valence-corrected chi connectivity index (χ2v) is 7.37. The van der Waals surface area contributed by atoms with E-state index >= 15 is 0 Å². The fraction of sp³-hybridized carbons (Fsp3) is 1.00. The van der Waals surface area contributed by atoms with Gasteiger partial charge in [0.05, 0.1) is 0 Å². The van der Waals surface area contributed by atoms with Crippen LogP contribution in [0.1, 0.15) is 87.5 Å². The Morgan fingerprint density at radius 1 is 0.889 bits per heavy atom. The largest absolute Gasteiger partial charge is 0.0654 e. The van der Waals surface area contributed by atoms with Crippen molar-refractivity contribution in [3.8, 4) is 0 Å². The molecule has 0 radical (unpaired) electrons. The van der Waals surface area contributed by atoms with Crippen molar-refractivity contribution in [1.29, 1.82) is 0 Å². The summed E-state index contributed by atoms with van der Waals surface area (Å²) < 4.78 is 0. The summed E-state index contributed by atoms with van der Waals surface area (Å²) in [5.41, 5.74) is 0.552. The van der Waals surface area contributed by atoms with Crippen LogP contribution in [0.5, 0.6) is 0 Å². The minimum absolute atomic E-state index is 0.552. The molecule has 0 heteroatoms. The molecule has 0 rings (SSSR count). The lowest BCUT2D eigenvalue weighted by molar-refractivity contribution is 0.0503. The third kappa shape index (κ3) is 4.94. The molecular formula is C18H38. The zero-order chi connectivity index (χ0) is 14.3. The zero-order valence-corrected chi connectivity index (χ0v) is 14.3. The van der Waals surface area contributed by atoms with E-state index in [9.17, 15) is 0 Å². The highest BCUT2D eigenvalue weighted by Gasteiger charge is 2.38.